The van der Waals surface area contributed by atoms with Gasteiger partial charge in [-0.25, -0.2) is 4.68 Å². The van der Waals surface area contributed by atoms with Gasteiger partial charge in [0.2, 0.25) is 0 Å². The second kappa shape index (κ2) is 10.2. The van der Waals surface area contributed by atoms with E-state index >= 15 is 0 Å². The Morgan fingerprint density at radius 2 is 1.70 bits per heavy atom. The third kappa shape index (κ3) is 4.71. The number of nitrogens with zero attached hydrogens (tertiary/aromatic N) is 6. The summed E-state index contributed by atoms with van der Waals surface area (Å²) >= 11 is 0. The average molecular weight is 498 g/mol. The molecule has 2 aromatic heterocycles. The van der Waals surface area contributed by atoms with Crippen LogP contribution in [0.2, 0.25) is 0 Å². The Bertz CT molecular complexity index is 1430. The van der Waals surface area contributed by atoms with Crippen molar-refractivity contribution >= 4 is 10.9 Å². The summed E-state index contributed by atoms with van der Waals surface area (Å²) in [5.41, 5.74) is 5.14. The average Bonchev–Trinajstić information content (AvgIpc) is 3.61. The molecule has 37 heavy (non-hydrogen) atoms. The van der Waals surface area contributed by atoms with Gasteiger partial charge >= 0.3 is 0 Å². The summed E-state index contributed by atoms with van der Waals surface area (Å²) in [5, 5.41) is 14.2. The maximum Gasteiger partial charge on any atom is 0.253 e. The Kier molecular flexibility index (Phi) is 6.61. The SMILES string of the molecule is Cc1ccc(C)c2[nH]c(=O)c([C@@H](c3nnnn3C3CCCC3)N3CCN(Cc4ccccc4)CC3)cc12. The smallest absolute Gasteiger partial charge is 0.253 e. The second-order valence-electron chi connectivity index (χ2n) is 10.7. The van der Waals surface area contributed by atoms with Crippen molar-refractivity contribution in [2.24, 2.45) is 0 Å². The molecule has 1 aliphatic carbocycles. The van der Waals surface area contributed by atoms with E-state index in [1.54, 1.807) is 0 Å². The number of hydrogen-bond donors (Lipinski definition) is 1. The topological polar surface area (TPSA) is 82.9 Å². The molecule has 2 aromatic carbocycles. The lowest BCUT2D eigenvalue weighted by Gasteiger charge is -2.39. The highest BCUT2D eigenvalue weighted by molar-refractivity contribution is 5.85. The summed E-state index contributed by atoms with van der Waals surface area (Å²) in [7, 11) is 0. The quantitative estimate of drug-likeness (QED) is 0.431. The number of tetrazole rings is 1. The van der Waals surface area contributed by atoms with Gasteiger partial charge in [0.25, 0.3) is 5.56 Å². The first kappa shape index (κ1) is 24.0. The molecular formula is C29H35N7O. The summed E-state index contributed by atoms with van der Waals surface area (Å²) in [5.74, 6) is 0.790. The van der Waals surface area contributed by atoms with Crippen molar-refractivity contribution in [2.45, 2.75) is 58.2 Å². The number of rotatable bonds is 6. The van der Waals surface area contributed by atoms with Crippen LogP contribution >= 0.6 is 0 Å². The van der Waals surface area contributed by atoms with Crippen LogP contribution in [0.15, 0.2) is 53.3 Å². The van der Waals surface area contributed by atoms with Crippen LogP contribution in [0.3, 0.4) is 0 Å². The normalized spacial score (nSPS) is 18.5. The fraction of sp³-hybridized carbons (Fsp3) is 0.448. The Balaban J connectivity index is 1.37. The molecule has 0 bridgehead atoms. The molecule has 2 fully saturated rings. The number of aromatic nitrogens is 5. The zero-order valence-corrected chi connectivity index (χ0v) is 21.7. The van der Waals surface area contributed by atoms with Crippen molar-refractivity contribution in [3.05, 3.63) is 87.0 Å². The predicted octanol–water partition coefficient (Wildman–Crippen LogP) is 4.15. The molecule has 6 rings (SSSR count). The van der Waals surface area contributed by atoms with Crippen LogP contribution in [-0.4, -0.2) is 61.2 Å². The molecule has 1 atom stereocenters. The van der Waals surface area contributed by atoms with Crippen molar-refractivity contribution in [1.29, 1.82) is 0 Å². The Hall–Kier alpha value is -3.36. The number of aromatic amines is 1. The zero-order chi connectivity index (χ0) is 25.4. The summed E-state index contributed by atoms with van der Waals surface area (Å²) in [6, 6.07) is 16.9. The van der Waals surface area contributed by atoms with Crippen LogP contribution < -0.4 is 5.56 Å². The lowest BCUT2D eigenvalue weighted by atomic mass is 9.99. The number of benzene rings is 2. The largest absolute Gasteiger partial charge is 0.321 e. The molecule has 1 saturated carbocycles. The van der Waals surface area contributed by atoms with Crippen molar-refractivity contribution in [3.63, 3.8) is 0 Å². The first-order valence-electron chi connectivity index (χ1n) is 13.5. The highest BCUT2D eigenvalue weighted by Gasteiger charge is 2.34. The van der Waals surface area contributed by atoms with Crippen LogP contribution in [0.1, 0.15) is 65.8 Å². The van der Waals surface area contributed by atoms with E-state index in [9.17, 15) is 4.79 Å². The number of hydrogen-bond acceptors (Lipinski definition) is 6. The highest BCUT2D eigenvalue weighted by Crippen LogP contribution is 2.34. The molecule has 0 unspecified atom stereocenters. The molecule has 1 N–H and O–H groups in total. The number of pyridine rings is 1. The molecule has 2 aliphatic rings. The minimum Gasteiger partial charge on any atom is -0.321 e. The van der Waals surface area contributed by atoms with Crippen LogP contribution in [-0.2, 0) is 6.54 Å². The van der Waals surface area contributed by atoms with E-state index < -0.39 is 0 Å². The first-order chi connectivity index (χ1) is 18.1. The van der Waals surface area contributed by atoms with E-state index in [0.717, 1.165) is 79.0 Å². The summed E-state index contributed by atoms with van der Waals surface area (Å²) in [6.45, 7) is 8.64. The molecule has 3 heterocycles. The van der Waals surface area contributed by atoms with Gasteiger partial charge in [0, 0.05) is 43.7 Å². The second-order valence-corrected chi connectivity index (χ2v) is 10.7. The van der Waals surface area contributed by atoms with E-state index in [0.29, 0.717) is 6.04 Å². The fourth-order valence-corrected chi connectivity index (χ4v) is 6.10. The lowest BCUT2D eigenvalue weighted by Crippen LogP contribution is -2.48. The number of piperazine rings is 1. The number of aryl methyl sites for hydroxylation is 2. The van der Waals surface area contributed by atoms with Crippen LogP contribution in [0, 0.1) is 13.8 Å². The number of fused-ring (bicyclic) bond motifs is 1. The van der Waals surface area contributed by atoms with Gasteiger partial charge in [-0.15, -0.1) is 5.10 Å². The van der Waals surface area contributed by atoms with Gasteiger partial charge in [0.05, 0.1) is 11.6 Å². The monoisotopic (exact) mass is 497 g/mol. The molecule has 0 spiro atoms. The number of nitrogens with one attached hydrogen (secondary N) is 1. The zero-order valence-electron chi connectivity index (χ0n) is 21.7. The van der Waals surface area contributed by atoms with Crippen molar-refractivity contribution in [1.82, 2.24) is 35.0 Å². The molecule has 1 aliphatic heterocycles. The Morgan fingerprint density at radius 3 is 2.46 bits per heavy atom. The minimum atomic E-state index is -0.289. The van der Waals surface area contributed by atoms with Crippen molar-refractivity contribution in [2.75, 3.05) is 26.2 Å². The predicted molar refractivity (Wildman–Crippen MR) is 144 cm³/mol. The Morgan fingerprint density at radius 1 is 0.973 bits per heavy atom. The van der Waals surface area contributed by atoms with E-state index in [2.05, 4.69) is 85.8 Å². The molecule has 0 radical (unpaired) electrons. The van der Waals surface area contributed by atoms with Gasteiger partial charge in [-0.3, -0.25) is 14.6 Å². The third-order valence-electron chi connectivity index (χ3n) is 8.22. The Labute approximate surface area is 217 Å². The van der Waals surface area contributed by atoms with Gasteiger partial charge in [0.1, 0.15) is 6.04 Å². The third-order valence-corrected chi connectivity index (χ3v) is 8.22. The van der Waals surface area contributed by atoms with Gasteiger partial charge in [-0.2, -0.15) is 0 Å². The van der Waals surface area contributed by atoms with Gasteiger partial charge in [-0.1, -0.05) is 55.3 Å². The van der Waals surface area contributed by atoms with Crippen LogP contribution in [0.4, 0.5) is 0 Å². The highest BCUT2D eigenvalue weighted by atomic mass is 16.1. The van der Waals surface area contributed by atoms with Gasteiger partial charge in [0.15, 0.2) is 5.82 Å². The molecular weight excluding hydrogens is 462 g/mol. The van der Waals surface area contributed by atoms with Gasteiger partial charge in [-0.05, 0) is 59.9 Å². The molecule has 192 valence electrons. The summed E-state index contributed by atoms with van der Waals surface area (Å²) in [6.07, 6.45) is 4.56. The van der Waals surface area contributed by atoms with Crippen molar-refractivity contribution in [3.8, 4) is 0 Å². The maximum atomic E-state index is 13.6. The van der Waals surface area contributed by atoms with E-state index in [-0.39, 0.29) is 11.6 Å². The molecule has 1 saturated heterocycles. The van der Waals surface area contributed by atoms with E-state index in [1.165, 1.54) is 18.4 Å². The maximum absolute atomic E-state index is 13.6. The summed E-state index contributed by atoms with van der Waals surface area (Å²) < 4.78 is 2.01. The van der Waals surface area contributed by atoms with Crippen molar-refractivity contribution < 1.29 is 0 Å². The fourth-order valence-electron chi connectivity index (χ4n) is 6.10. The van der Waals surface area contributed by atoms with Gasteiger partial charge < -0.3 is 4.98 Å². The standard InChI is InChI=1S/C29H35N7O/c1-20-12-13-21(2)26-24(20)18-25(29(37)30-26)27(28-31-32-33-36(28)23-10-6-7-11-23)35-16-14-34(15-17-35)19-22-8-4-3-5-9-22/h3-5,8-9,12-13,18,23,27H,6-7,10-11,14-17,19H2,1-2H3,(H,30,37)/t27-/m0/s1. The molecule has 8 heteroatoms. The molecule has 8 nitrogen and oxygen atoms in total. The first-order valence-corrected chi connectivity index (χ1v) is 13.5. The molecule has 0 amide bonds. The van der Waals surface area contributed by atoms with E-state index in [1.807, 2.05) is 11.6 Å². The summed E-state index contributed by atoms with van der Waals surface area (Å²) in [4.78, 5) is 21.7. The minimum absolute atomic E-state index is 0.0566. The van der Waals surface area contributed by atoms with E-state index in [4.69, 9.17) is 0 Å². The molecule has 4 aromatic rings. The number of H-pyrrole nitrogens is 1. The van der Waals surface area contributed by atoms with Crippen LogP contribution in [0.25, 0.3) is 10.9 Å². The van der Waals surface area contributed by atoms with Crippen LogP contribution in [0.5, 0.6) is 0 Å². The lowest BCUT2D eigenvalue weighted by molar-refractivity contribution is 0.0989.